The number of carbonyl (C=O) groups excluding carboxylic acids is 1. The van der Waals surface area contributed by atoms with Gasteiger partial charge in [0.1, 0.15) is 0 Å². The highest BCUT2D eigenvalue weighted by molar-refractivity contribution is 5.73. The summed E-state index contributed by atoms with van der Waals surface area (Å²) in [6.07, 6.45) is 0.986. The molecular formula is C8H14O2. The maximum Gasteiger partial charge on any atom is 0.309 e. The summed E-state index contributed by atoms with van der Waals surface area (Å²) >= 11 is 0. The molecule has 0 bridgehead atoms. The lowest BCUT2D eigenvalue weighted by Gasteiger charge is -2.34. The molecule has 10 heavy (non-hydrogen) atoms. The van der Waals surface area contributed by atoms with Gasteiger partial charge in [0.05, 0.1) is 12.5 Å². The highest BCUT2D eigenvalue weighted by Gasteiger charge is 2.36. The highest BCUT2D eigenvalue weighted by atomic mass is 16.5. The fourth-order valence-corrected chi connectivity index (χ4v) is 1.08. The SMILES string of the molecule is CC1C(=O)OCCC1(C)C. The molecule has 0 N–H and O–H groups in total. The molecule has 1 fully saturated rings. The van der Waals surface area contributed by atoms with E-state index in [9.17, 15) is 4.79 Å². The van der Waals surface area contributed by atoms with Crippen LogP contribution in [0.3, 0.4) is 0 Å². The second kappa shape index (κ2) is 2.26. The molecule has 0 saturated carbocycles. The van der Waals surface area contributed by atoms with Gasteiger partial charge in [-0.05, 0) is 11.8 Å². The van der Waals surface area contributed by atoms with Crippen LogP contribution in [0.5, 0.6) is 0 Å². The Morgan fingerprint density at radius 1 is 1.60 bits per heavy atom. The lowest BCUT2D eigenvalue weighted by molar-refractivity contribution is -0.159. The fourth-order valence-electron chi connectivity index (χ4n) is 1.08. The van der Waals surface area contributed by atoms with Crippen molar-refractivity contribution in [1.82, 2.24) is 0 Å². The molecule has 0 aromatic carbocycles. The normalized spacial score (nSPS) is 31.5. The van der Waals surface area contributed by atoms with Crippen molar-refractivity contribution in [3.05, 3.63) is 0 Å². The van der Waals surface area contributed by atoms with Crippen molar-refractivity contribution in [1.29, 1.82) is 0 Å². The minimum absolute atomic E-state index is 0.0451. The van der Waals surface area contributed by atoms with Gasteiger partial charge in [0, 0.05) is 0 Å². The van der Waals surface area contributed by atoms with Gasteiger partial charge in [0.15, 0.2) is 0 Å². The zero-order valence-corrected chi connectivity index (χ0v) is 6.81. The third kappa shape index (κ3) is 1.15. The van der Waals surface area contributed by atoms with Crippen molar-refractivity contribution in [2.24, 2.45) is 11.3 Å². The van der Waals surface area contributed by atoms with Crippen LogP contribution in [-0.4, -0.2) is 12.6 Å². The summed E-state index contributed by atoms with van der Waals surface area (Å²) in [5, 5.41) is 0. The summed E-state index contributed by atoms with van der Waals surface area (Å²) in [5.74, 6) is 0.0116. The van der Waals surface area contributed by atoms with E-state index in [0.717, 1.165) is 6.42 Å². The summed E-state index contributed by atoms with van der Waals surface area (Å²) < 4.78 is 4.89. The Labute approximate surface area is 61.6 Å². The smallest absolute Gasteiger partial charge is 0.309 e. The summed E-state index contributed by atoms with van der Waals surface area (Å²) in [5.41, 5.74) is 0.134. The van der Waals surface area contributed by atoms with E-state index in [2.05, 4.69) is 13.8 Å². The van der Waals surface area contributed by atoms with Gasteiger partial charge >= 0.3 is 5.97 Å². The lowest BCUT2D eigenvalue weighted by Crippen LogP contribution is -2.36. The Hall–Kier alpha value is -0.530. The van der Waals surface area contributed by atoms with Gasteiger partial charge in [-0.2, -0.15) is 0 Å². The molecule has 1 rings (SSSR count). The summed E-state index contributed by atoms with van der Waals surface area (Å²) in [7, 11) is 0. The van der Waals surface area contributed by atoms with Gasteiger partial charge in [-0.25, -0.2) is 0 Å². The molecule has 1 aliphatic heterocycles. The van der Waals surface area contributed by atoms with Crippen molar-refractivity contribution in [2.75, 3.05) is 6.61 Å². The highest BCUT2D eigenvalue weighted by Crippen LogP contribution is 2.34. The Balaban J connectivity index is 2.69. The molecular weight excluding hydrogens is 128 g/mol. The monoisotopic (exact) mass is 142 g/mol. The van der Waals surface area contributed by atoms with Crippen molar-refractivity contribution in [3.8, 4) is 0 Å². The molecule has 0 aliphatic carbocycles. The summed E-state index contributed by atoms with van der Waals surface area (Å²) in [4.78, 5) is 11.0. The predicted octanol–water partition coefficient (Wildman–Crippen LogP) is 1.60. The van der Waals surface area contributed by atoms with Gasteiger partial charge in [0.25, 0.3) is 0 Å². The van der Waals surface area contributed by atoms with Crippen molar-refractivity contribution < 1.29 is 9.53 Å². The predicted molar refractivity (Wildman–Crippen MR) is 38.5 cm³/mol. The minimum Gasteiger partial charge on any atom is -0.465 e. The molecule has 2 nitrogen and oxygen atoms in total. The zero-order chi connectivity index (χ0) is 7.78. The fraction of sp³-hybridized carbons (Fsp3) is 0.875. The number of hydrogen-bond acceptors (Lipinski definition) is 2. The second-order valence-electron chi connectivity index (χ2n) is 3.63. The quantitative estimate of drug-likeness (QED) is 0.480. The molecule has 1 unspecified atom stereocenters. The molecule has 0 amide bonds. The first-order valence-electron chi connectivity index (χ1n) is 3.71. The third-order valence-electron chi connectivity index (χ3n) is 2.52. The first kappa shape index (κ1) is 7.58. The van der Waals surface area contributed by atoms with E-state index in [1.165, 1.54) is 0 Å². The summed E-state index contributed by atoms with van der Waals surface area (Å²) in [6, 6.07) is 0. The van der Waals surface area contributed by atoms with E-state index in [1.54, 1.807) is 0 Å². The molecule has 58 valence electrons. The Kier molecular flexibility index (Phi) is 1.71. The van der Waals surface area contributed by atoms with Crippen LogP contribution in [0.15, 0.2) is 0 Å². The van der Waals surface area contributed by atoms with E-state index >= 15 is 0 Å². The van der Waals surface area contributed by atoms with E-state index < -0.39 is 0 Å². The average Bonchev–Trinajstić information content (AvgIpc) is 1.83. The molecule has 0 radical (unpaired) electrons. The number of hydrogen-bond donors (Lipinski definition) is 0. The van der Waals surface area contributed by atoms with Gasteiger partial charge in [0.2, 0.25) is 0 Å². The first-order valence-corrected chi connectivity index (χ1v) is 3.71. The number of esters is 1. The minimum atomic E-state index is -0.0451. The van der Waals surface area contributed by atoms with E-state index in [1.807, 2.05) is 6.92 Å². The Morgan fingerprint density at radius 3 is 2.60 bits per heavy atom. The number of carbonyl (C=O) groups is 1. The number of cyclic esters (lactones) is 1. The van der Waals surface area contributed by atoms with E-state index in [0.29, 0.717) is 6.61 Å². The second-order valence-corrected chi connectivity index (χ2v) is 3.63. The molecule has 0 spiro atoms. The average molecular weight is 142 g/mol. The largest absolute Gasteiger partial charge is 0.465 e. The third-order valence-corrected chi connectivity index (χ3v) is 2.52. The molecule has 1 heterocycles. The topological polar surface area (TPSA) is 26.3 Å². The maximum absolute atomic E-state index is 11.0. The Morgan fingerprint density at radius 2 is 2.20 bits per heavy atom. The summed E-state index contributed by atoms with van der Waals surface area (Å²) in [6.45, 7) is 6.74. The van der Waals surface area contributed by atoms with E-state index in [4.69, 9.17) is 4.74 Å². The first-order chi connectivity index (χ1) is 4.54. The van der Waals surface area contributed by atoms with Crippen LogP contribution in [0.25, 0.3) is 0 Å². The van der Waals surface area contributed by atoms with Crippen LogP contribution in [0.1, 0.15) is 27.2 Å². The van der Waals surface area contributed by atoms with Crippen molar-refractivity contribution in [3.63, 3.8) is 0 Å². The zero-order valence-electron chi connectivity index (χ0n) is 6.81. The van der Waals surface area contributed by atoms with Crippen LogP contribution in [0.4, 0.5) is 0 Å². The lowest BCUT2D eigenvalue weighted by atomic mass is 9.76. The number of ether oxygens (including phenoxy) is 1. The molecule has 1 saturated heterocycles. The van der Waals surface area contributed by atoms with Crippen LogP contribution in [0.2, 0.25) is 0 Å². The van der Waals surface area contributed by atoms with Crippen LogP contribution < -0.4 is 0 Å². The molecule has 0 aromatic rings. The molecule has 1 atom stereocenters. The van der Waals surface area contributed by atoms with Crippen LogP contribution in [-0.2, 0) is 9.53 Å². The standard InChI is InChI=1S/C8H14O2/c1-6-7(9)10-5-4-8(6,2)3/h6H,4-5H2,1-3H3. The van der Waals surface area contributed by atoms with Gasteiger partial charge in [-0.1, -0.05) is 20.8 Å². The van der Waals surface area contributed by atoms with Crippen molar-refractivity contribution >= 4 is 5.97 Å². The Bertz CT molecular complexity index is 149. The van der Waals surface area contributed by atoms with Crippen molar-refractivity contribution in [2.45, 2.75) is 27.2 Å². The maximum atomic E-state index is 11.0. The van der Waals surface area contributed by atoms with Gasteiger partial charge in [-0.15, -0.1) is 0 Å². The van der Waals surface area contributed by atoms with Crippen LogP contribution >= 0.6 is 0 Å². The number of rotatable bonds is 0. The molecule has 2 heteroatoms. The molecule has 0 aromatic heterocycles. The van der Waals surface area contributed by atoms with Gasteiger partial charge < -0.3 is 4.74 Å². The van der Waals surface area contributed by atoms with Gasteiger partial charge in [-0.3, -0.25) is 4.79 Å². The van der Waals surface area contributed by atoms with E-state index in [-0.39, 0.29) is 17.3 Å². The van der Waals surface area contributed by atoms with Crippen LogP contribution in [0, 0.1) is 11.3 Å². The molecule has 1 aliphatic rings.